The normalized spacial score (nSPS) is 21.6. The van der Waals surface area contributed by atoms with Crippen LogP contribution in [0.2, 0.25) is 0 Å². The SMILES string of the molecule is COCCN1CCN(C(=O)[C@@H]2CCOC2)Cc2cccnc21. The highest BCUT2D eigenvalue weighted by Crippen LogP contribution is 2.24. The fourth-order valence-corrected chi connectivity index (χ4v) is 3.07. The van der Waals surface area contributed by atoms with Gasteiger partial charge in [-0.3, -0.25) is 4.79 Å². The smallest absolute Gasteiger partial charge is 0.228 e. The van der Waals surface area contributed by atoms with Crippen LogP contribution in [0.5, 0.6) is 0 Å². The summed E-state index contributed by atoms with van der Waals surface area (Å²) in [4.78, 5) is 21.3. The Kier molecular flexibility index (Phi) is 4.90. The molecule has 3 rings (SSSR count). The van der Waals surface area contributed by atoms with E-state index in [2.05, 4.69) is 16.0 Å². The molecule has 0 radical (unpaired) electrons. The minimum atomic E-state index is 0.0191. The molecule has 1 atom stereocenters. The summed E-state index contributed by atoms with van der Waals surface area (Å²) in [5.74, 6) is 1.20. The Morgan fingerprint density at radius 3 is 3.18 bits per heavy atom. The second-order valence-corrected chi connectivity index (χ2v) is 5.79. The molecule has 0 saturated carbocycles. The topological polar surface area (TPSA) is 54.9 Å². The number of fused-ring (bicyclic) bond motifs is 1. The molecule has 0 aromatic carbocycles. The third-order valence-electron chi connectivity index (χ3n) is 4.32. The van der Waals surface area contributed by atoms with Gasteiger partial charge in [-0.25, -0.2) is 4.98 Å². The van der Waals surface area contributed by atoms with Crippen molar-refractivity contribution in [1.29, 1.82) is 0 Å². The Balaban J connectivity index is 1.77. The molecule has 0 bridgehead atoms. The first kappa shape index (κ1) is 15.2. The van der Waals surface area contributed by atoms with Crippen LogP contribution in [0.25, 0.3) is 0 Å². The molecule has 0 spiro atoms. The quantitative estimate of drug-likeness (QED) is 0.828. The Bertz CT molecular complexity index is 517. The molecule has 1 aromatic rings. The van der Waals surface area contributed by atoms with Gasteiger partial charge in [0.15, 0.2) is 0 Å². The number of pyridine rings is 1. The van der Waals surface area contributed by atoms with Crippen LogP contribution in [0.4, 0.5) is 5.82 Å². The fraction of sp³-hybridized carbons (Fsp3) is 0.625. The largest absolute Gasteiger partial charge is 0.383 e. The van der Waals surface area contributed by atoms with Gasteiger partial charge in [0.1, 0.15) is 5.82 Å². The summed E-state index contributed by atoms with van der Waals surface area (Å²) in [7, 11) is 1.70. The lowest BCUT2D eigenvalue weighted by Crippen LogP contribution is -2.39. The van der Waals surface area contributed by atoms with Crippen molar-refractivity contribution in [3.05, 3.63) is 23.9 Å². The van der Waals surface area contributed by atoms with E-state index in [0.717, 1.165) is 37.4 Å². The van der Waals surface area contributed by atoms with Gasteiger partial charge in [-0.1, -0.05) is 6.07 Å². The molecule has 0 aliphatic carbocycles. The van der Waals surface area contributed by atoms with Crippen LogP contribution in [-0.2, 0) is 20.8 Å². The Labute approximate surface area is 131 Å². The van der Waals surface area contributed by atoms with Crippen molar-refractivity contribution < 1.29 is 14.3 Å². The summed E-state index contributed by atoms with van der Waals surface area (Å²) >= 11 is 0. The number of amides is 1. The van der Waals surface area contributed by atoms with Gasteiger partial charge in [0, 0.05) is 51.7 Å². The van der Waals surface area contributed by atoms with E-state index in [-0.39, 0.29) is 11.8 Å². The van der Waals surface area contributed by atoms with E-state index in [1.807, 2.05) is 11.0 Å². The average Bonchev–Trinajstić information content (AvgIpc) is 3.01. The zero-order chi connectivity index (χ0) is 15.4. The number of aromatic nitrogens is 1. The number of rotatable bonds is 4. The second kappa shape index (κ2) is 7.07. The average molecular weight is 305 g/mol. The first-order valence-electron chi connectivity index (χ1n) is 7.84. The lowest BCUT2D eigenvalue weighted by molar-refractivity contribution is -0.135. The first-order chi connectivity index (χ1) is 10.8. The van der Waals surface area contributed by atoms with Crippen LogP contribution in [0.15, 0.2) is 18.3 Å². The number of methoxy groups -OCH3 is 1. The molecule has 6 nitrogen and oxygen atoms in total. The summed E-state index contributed by atoms with van der Waals surface area (Å²) in [6.45, 7) is 4.82. The molecular weight excluding hydrogens is 282 g/mol. The maximum Gasteiger partial charge on any atom is 0.228 e. The van der Waals surface area contributed by atoms with Crippen molar-refractivity contribution in [2.45, 2.75) is 13.0 Å². The summed E-state index contributed by atoms with van der Waals surface area (Å²) < 4.78 is 10.5. The van der Waals surface area contributed by atoms with Crippen LogP contribution in [0.1, 0.15) is 12.0 Å². The van der Waals surface area contributed by atoms with E-state index < -0.39 is 0 Å². The van der Waals surface area contributed by atoms with Crippen molar-refractivity contribution in [2.24, 2.45) is 5.92 Å². The van der Waals surface area contributed by atoms with Crippen LogP contribution < -0.4 is 4.90 Å². The molecule has 22 heavy (non-hydrogen) atoms. The molecule has 1 amide bonds. The van der Waals surface area contributed by atoms with E-state index >= 15 is 0 Å². The number of carbonyl (C=O) groups is 1. The number of anilines is 1. The molecule has 2 aliphatic rings. The number of carbonyl (C=O) groups excluding carboxylic acids is 1. The monoisotopic (exact) mass is 305 g/mol. The van der Waals surface area contributed by atoms with E-state index in [9.17, 15) is 4.79 Å². The van der Waals surface area contributed by atoms with Crippen LogP contribution >= 0.6 is 0 Å². The Morgan fingerprint density at radius 2 is 2.41 bits per heavy atom. The zero-order valence-electron chi connectivity index (χ0n) is 13.0. The summed E-state index contributed by atoms with van der Waals surface area (Å²) in [6.07, 6.45) is 2.64. The van der Waals surface area contributed by atoms with Crippen molar-refractivity contribution >= 4 is 11.7 Å². The molecule has 1 aromatic heterocycles. The highest BCUT2D eigenvalue weighted by Gasteiger charge is 2.30. The summed E-state index contributed by atoms with van der Waals surface area (Å²) in [5.41, 5.74) is 1.10. The first-order valence-corrected chi connectivity index (χ1v) is 7.84. The predicted molar refractivity (Wildman–Crippen MR) is 82.7 cm³/mol. The van der Waals surface area contributed by atoms with Gasteiger partial charge in [0.05, 0.1) is 19.1 Å². The van der Waals surface area contributed by atoms with Crippen molar-refractivity contribution in [1.82, 2.24) is 9.88 Å². The van der Waals surface area contributed by atoms with Crippen LogP contribution in [-0.4, -0.2) is 62.4 Å². The Hall–Kier alpha value is -1.66. The highest BCUT2D eigenvalue weighted by atomic mass is 16.5. The van der Waals surface area contributed by atoms with Crippen molar-refractivity contribution in [2.75, 3.05) is 51.5 Å². The lowest BCUT2D eigenvalue weighted by Gasteiger charge is -2.24. The van der Waals surface area contributed by atoms with Gasteiger partial charge in [0.2, 0.25) is 5.91 Å². The van der Waals surface area contributed by atoms with Gasteiger partial charge < -0.3 is 19.3 Å². The standard InChI is InChI=1S/C16H23N3O3/c1-21-10-8-18-6-7-19(16(20)14-4-9-22-12-14)11-13-3-2-5-17-15(13)18/h2-3,5,14H,4,6-12H2,1H3/t14-/m1/s1. The fourth-order valence-electron chi connectivity index (χ4n) is 3.07. The molecule has 3 heterocycles. The minimum absolute atomic E-state index is 0.0191. The third-order valence-corrected chi connectivity index (χ3v) is 4.32. The number of nitrogens with zero attached hydrogens (tertiary/aromatic N) is 3. The molecule has 0 unspecified atom stereocenters. The molecule has 120 valence electrons. The molecule has 1 fully saturated rings. The van der Waals surface area contributed by atoms with E-state index in [1.165, 1.54) is 0 Å². The van der Waals surface area contributed by atoms with E-state index in [0.29, 0.717) is 26.4 Å². The van der Waals surface area contributed by atoms with Crippen molar-refractivity contribution in [3.63, 3.8) is 0 Å². The van der Waals surface area contributed by atoms with Crippen LogP contribution in [0.3, 0.4) is 0 Å². The van der Waals surface area contributed by atoms with Gasteiger partial charge in [0.25, 0.3) is 0 Å². The van der Waals surface area contributed by atoms with Crippen molar-refractivity contribution in [3.8, 4) is 0 Å². The third kappa shape index (κ3) is 3.23. The minimum Gasteiger partial charge on any atom is -0.383 e. The predicted octanol–water partition coefficient (Wildman–Crippen LogP) is 0.913. The number of hydrogen-bond acceptors (Lipinski definition) is 5. The number of hydrogen-bond donors (Lipinski definition) is 0. The number of ether oxygens (including phenoxy) is 2. The maximum absolute atomic E-state index is 12.7. The lowest BCUT2D eigenvalue weighted by atomic mass is 10.1. The molecule has 0 N–H and O–H groups in total. The molecule has 6 heteroatoms. The zero-order valence-corrected chi connectivity index (χ0v) is 13.0. The molecule has 2 aliphatic heterocycles. The van der Waals surface area contributed by atoms with Gasteiger partial charge in [-0.15, -0.1) is 0 Å². The Morgan fingerprint density at radius 1 is 1.50 bits per heavy atom. The van der Waals surface area contributed by atoms with Crippen LogP contribution in [0, 0.1) is 5.92 Å². The van der Waals surface area contributed by atoms with Gasteiger partial charge in [-0.2, -0.15) is 0 Å². The summed E-state index contributed by atoms with van der Waals surface area (Å²) in [5, 5.41) is 0. The maximum atomic E-state index is 12.7. The molecular formula is C16H23N3O3. The summed E-state index contributed by atoms with van der Waals surface area (Å²) in [6, 6.07) is 3.98. The van der Waals surface area contributed by atoms with E-state index in [1.54, 1.807) is 13.3 Å². The highest BCUT2D eigenvalue weighted by molar-refractivity contribution is 5.79. The van der Waals surface area contributed by atoms with E-state index in [4.69, 9.17) is 9.47 Å². The van der Waals surface area contributed by atoms with Gasteiger partial charge >= 0.3 is 0 Å². The second-order valence-electron chi connectivity index (χ2n) is 5.79. The molecule has 1 saturated heterocycles. The van der Waals surface area contributed by atoms with Gasteiger partial charge in [-0.05, 0) is 12.5 Å².